The third kappa shape index (κ3) is 3.82. The standard InChI is InChI=1S/C13H14N6O5/c1-3-24-10-5-8(4-9(11(10)20)19(22)23)6-14-17-13-15-12(21)7(2)16-18-13/h4-6,20H,3H2,1-2H3,(H2,15,17,18,21). The van der Waals surface area contributed by atoms with Crippen LogP contribution in [0, 0.1) is 17.0 Å². The number of nitrogens with one attached hydrogen (secondary N) is 2. The molecule has 1 heterocycles. The summed E-state index contributed by atoms with van der Waals surface area (Å²) in [5.41, 5.74) is 2.03. The number of anilines is 1. The predicted octanol–water partition coefficient (Wildman–Crippen LogP) is 0.932. The number of aromatic amines is 1. The highest BCUT2D eigenvalue weighted by atomic mass is 16.6. The number of hydrogen-bond donors (Lipinski definition) is 3. The Labute approximate surface area is 135 Å². The van der Waals surface area contributed by atoms with Gasteiger partial charge in [-0.25, -0.2) is 5.43 Å². The highest BCUT2D eigenvalue weighted by Crippen LogP contribution is 2.36. The molecule has 11 heteroatoms. The number of aromatic nitrogens is 3. The van der Waals surface area contributed by atoms with Crippen LogP contribution in [-0.4, -0.2) is 38.0 Å². The molecule has 0 amide bonds. The van der Waals surface area contributed by atoms with Crippen molar-refractivity contribution >= 4 is 17.9 Å². The summed E-state index contributed by atoms with van der Waals surface area (Å²) in [7, 11) is 0. The Balaban J connectivity index is 2.26. The van der Waals surface area contributed by atoms with Gasteiger partial charge in [-0.3, -0.25) is 19.9 Å². The lowest BCUT2D eigenvalue weighted by Gasteiger charge is -2.07. The van der Waals surface area contributed by atoms with Crippen molar-refractivity contribution in [3.63, 3.8) is 0 Å². The lowest BCUT2D eigenvalue weighted by molar-refractivity contribution is -0.386. The van der Waals surface area contributed by atoms with E-state index in [1.54, 1.807) is 6.92 Å². The number of H-pyrrole nitrogens is 1. The highest BCUT2D eigenvalue weighted by Gasteiger charge is 2.19. The first kappa shape index (κ1) is 16.9. The first-order valence-corrected chi connectivity index (χ1v) is 6.79. The number of ether oxygens (including phenoxy) is 1. The molecule has 0 saturated heterocycles. The van der Waals surface area contributed by atoms with Crippen LogP contribution in [0.1, 0.15) is 18.2 Å². The molecule has 24 heavy (non-hydrogen) atoms. The second-order valence-corrected chi connectivity index (χ2v) is 4.54. The van der Waals surface area contributed by atoms with Crippen LogP contribution in [0.3, 0.4) is 0 Å². The van der Waals surface area contributed by atoms with Gasteiger partial charge in [-0.05, 0) is 19.9 Å². The minimum Gasteiger partial charge on any atom is -0.500 e. The Kier molecular flexibility index (Phi) is 5.04. The molecule has 3 N–H and O–H groups in total. The van der Waals surface area contributed by atoms with Crippen molar-refractivity contribution in [2.24, 2.45) is 5.10 Å². The zero-order valence-electron chi connectivity index (χ0n) is 12.8. The van der Waals surface area contributed by atoms with Crippen LogP contribution in [0.25, 0.3) is 0 Å². The Morgan fingerprint density at radius 3 is 2.88 bits per heavy atom. The van der Waals surface area contributed by atoms with E-state index in [2.05, 4.69) is 25.7 Å². The number of aromatic hydroxyl groups is 1. The molecule has 0 aliphatic rings. The lowest BCUT2D eigenvalue weighted by atomic mass is 10.2. The molecule has 0 atom stereocenters. The number of benzene rings is 1. The van der Waals surface area contributed by atoms with Crippen molar-refractivity contribution in [2.75, 3.05) is 12.0 Å². The lowest BCUT2D eigenvalue weighted by Crippen LogP contribution is -2.15. The molecule has 0 fully saturated rings. The fourth-order valence-electron chi connectivity index (χ4n) is 1.70. The summed E-state index contributed by atoms with van der Waals surface area (Å²) in [5, 5.41) is 31.9. The molecule has 126 valence electrons. The van der Waals surface area contributed by atoms with E-state index in [-0.39, 0.29) is 24.0 Å². The van der Waals surface area contributed by atoms with E-state index < -0.39 is 21.9 Å². The van der Waals surface area contributed by atoms with E-state index in [9.17, 15) is 20.0 Å². The number of nitro benzene ring substituents is 1. The van der Waals surface area contributed by atoms with Crippen molar-refractivity contribution in [3.05, 3.63) is 43.9 Å². The minimum absolute atomic E-state index is 0.0140. The molecule has 1 aromatic heterocycles. The maximum atomic E-state index is 11.4. The molecule has 0 radical (unpaired) electrons. The number of aryl methyl sites for hydroxylation is 1. The second kappa shape index (κ2) is 7.17. The largest absolute Gasteiger partial charge is 0.500 e. The molecule has 0 aliphatic carbocycles. The van der Waals surface area contributed by atoms with Crippen LogP contribution < -0.4 is 15.7 Å². The summed E-state index contributed by atoms with van der Waals surface area (Å²) in [5.74, 6) is -0.572. The summed E-state index contributed by atoms with van der Waals surface area (Å²) in [6.07, 6.45) is 1.24. The molecule has 0 saturated carbocycles. The molecule has 0 spiro atoms. The average Bonchev–Trinajstić information content (AvgIpc) is 2.53. The number of hydrazone groups is 1. The Morgan fingerprint density at radius 1 is 1.50 bits per heavy atom. The molecule has 1 aromatic carbocycles. The Morgan fingerprint density at radius 2 is 2.25 bits per heavy atom. The van der Waals surface area contributed by atoms with E-state index in [1.807, 2.05) is 0 Å². The van der Waals surface area contributed by atoms with Gasteiger partial charge in [-0.2, -0.15) is 5.10 Å². The third-order valence-corrected chi connectivity index (χ3v) is 2.82. The molecule has 11 nitrogen and oxygen atoms in total. The monoisotopic (exact) mass is 334 g/mol. The van der Waals surface area contributed by atoms with Crippen LogP contribution in [0.2, 0.25) is 0 Å². The van der Waals surface area contributed by atoms with Crippen molar-refractivity contribution < 1.29 is 14.8 Å². The van der Waals surface area contributed by atoms with Crippen molar-refractivity contribution in [3.8, 4) is 11.5 Å². The summed E-state index contributed by atoms with van der Waals surface area (Å²) >= 11 is 0. The molecule has 2 rings (SSSR count). The maximum absolute atomic E-state index is 11.4. The topological polar surface area (TPSA) is 156 Å². The van der Waals surface area contributed by atoms with Gasteiger partial charge in [0.2, 0.25) is 11.7 Å². The van der Waals surface area contributed by atoms with Gasteiger partial charge in [-0.15, -0.1) is 10.2 Å². The van der Waals surface area contributed by atoms with Gasteiger partial charge in [-0.1, -0.05) is 0 Å². The van der Waals surface area contributed by atoms with Crippen LogP contribution in [0.5, 0.6) is 11.5 Å². The van der Waals surface area contributed by atoms with E-state index in [4.69, 9.17) is 4.74 Å². The number of phenols is 1. The molecule has 0 aliphatic heterocycles. The number of nitrogens with zero attached hydrogens (tertiary/aromatic N) is 4. The quantitative estimate of drug-likeness (QED) is 0.400. The Hall–Kier alpha value is -3.50. The molecular weight excluding hydrogens is 320 g/mol. The number of nitro groups is 1. The maximum Gasteiger partial charge on any atom is 0.315 e. The highest BCUT2D eigenvalue weighted by molar-refractivity contribution is 5.83. The van der Waals surface area contributed by atoms with Crippen molar-refractivity contribution in [2.45, 2.75) is 13.8 Å². The summed E-state index contributed by atoms with van der Waals surface area (Å²) < 4.78 is 5.16. The van der Waals surface area contributed by atoms with Gasteiger partial charge in [0.1, 0.15) is 5.69 Å². The summed E-state index contributed by atoms with van der Waals surface area (Å²) in [6.45, 7) is 3.41. The predicted molar refractivity (Wildman–Crippen MR) is 84.5 cm³/mol. The van der Waals surface area contributed by atoms with E-state index in [0.29, 0.717) is 5.56 Å². The van der Waals surface area contributed by atoms with Gasteiger partial charge >= 0.3 is 5.69 Å². The molecule has 2 aromatic rings. The smallest absolute Gasteiger partial charge is 0.315 e. The van der Waals surface area contributed by atoms with Crippen molar-refractivity contribution in [1.29, 1.82) is 0 Å². The zero-order chi connectivity index (χ0) is 17.7. The average molecular weight is 334 g/mol. The van der Waals surface area contributed by atoms with Crippen LogP contribution in [0.15, 0.2) is 22.0 Å². The van der Waals surface area contributed by atoms with E-state index in [1.165, 1.54) is 19.2 Å². The van der Waals surface area contributed by atoms with Gasteiger partial charge in [0, 0.05) is 11.6 Å². The van der Waals surface area contributed by atoms with E-state index >= 15 is 0 Å². The molecular formula is C13H14N6O5. The zero-order valence-corrected chi connectivity index (χ0v) is 12.8. The van der Waals surface area contributed by atoms with Crippen LogP contribution in [0.4, 0.5) is 11.6 Å². The van der Waals surface area contributed by atoms with Gasteiger partial charge < -0.3 is 9.84 Å². The molecule has 0 unspecified atom stereocenters. The second-order valence-electron chi connectivity index (χ2n) is 4.54. The number of phenolic OH excluding ortho intramolecular Hbond substituents is 1. The minimum atomic E-state index is -0.731. The normalized spacial score (nSPS) is 10.8. The fourth-order valence-corrected chi connectivity index (χ4v) is 1.70. The van der Waals surface area contributed by atoms with Gasteiger partial charge in [0.05, 0.1) is 17.7 Å². The van der Waals surface area contributed by atoms with Crippen LogP contribution in [-0.2, 0) is 0 Å². The fraction of sp³-hybridized carbons (Fsp3) is 0.231. The first-order chi connectivity index (χ1) is 11.4. The molecule has 0 bridgehead atoms. The third-order valence-electron chi connectivity index (χ3n) is 2.82. The Bertz CT molecular complexity index is 847. The number of rotatable bonds is 6. The van der Waals surface area contributed by atoms with Gasteiger partial charge in [0.15, 0.2) is 5.75 Å². The van der Waals surface area contributed by atoms with Gasteiger partial charge in [0.25, 0.3) is 5.56 Å². The van der Waals surface area contributed by atoms with E-state index in [0.717, 1.165) is 6.07 Å². The summed E-state index contributed by atoms with van der Waals surface area (Å²) in [4.78, 5) is 24.0. The first-order valence-electron chi connectivity index (χ1n) is 6.79. The van der Waals surface area contributed by atoms with Crippen LogP contribution >= 0.6 is 0 Å². The summed E-state index contributed by atoms with van der Waals surface area (Å²) in [6, 6.07) is 2.52. The van der Waals surface area contributed by atoms with Crippen molar-refractivity contribution in [1.82, 2.24) is 15.2 Å². The SMILES string of the molecule is CCOc1cc(C=NNc2nnc(C)c(=O)[nH]2)cc([N+](=O)[O-])c1O. The number of hydrogen-bond acceptors (Lipinski definition) is 9.